The second-order valence-corrected chi connectivity index (χ2v) is 6.82. The highest BCUT2D eigenvalue weighted by Gasteiger charge is 2.33. The monoisotopic (exact) mass is 451 g/mol. The van der Waals surface area contributed by atoms with E-state index in [2.05, 4.69) is 30.6 Å². The van der Waals surface area contributed by atoms with Crippen LogP contribution >= 0.6 is 0 Å². The van der Waals surface area contributed by atoms with Crippen LogP contribution in [0.4, 0.5) is 36.1 Å². The van der Waals surface area contributed by atoms with Crippen LogP contribution in [0.25, 0.3) is 11.4 Å². The van der Waals surface area contributed by atoms with Crippen molar-refractivity contribution in [3.63, 3.8) is 0 Å². The van der Waals surface area contributed by atoms with Crippen molar-refractivity contribution in [3.05, 3.63) is 84.6 Å². The SMILES string of the molecule is Nc1cnc(C(F)(F)F)cc1NC(=O)c1cccc(Nc2cnc(-c3ccccn3)cn2)c1. The Morgan fingerprint density at radius 3 is 2.42 bits per heavy atom. The topological polar surface area (TPSA) is 119 Å². The molecule has 8 nitrogen and oxygen atoms in total. The van der Waals surface area contributed by atoms with Crippen molar-refractivity contribution in [2.45, 2.75) is 6.18 Å². The Morgan fingerprint density at radius 2 is 1.73 bits per heavy atom. The summed E-state index contributed by atoms with van der Waals surface area (Å²) >= 11 is 0. The van der Waals surface area contributed by atoms with E-state index in [1.807, 2.05) is 12.1 Å². The third kappa shape index (κ3) is 5.21. The first-order chi connectivity index (χ1) is 15.8. The molecule has 0 radical (unpaired) electrons. The maximum atomic E-state index is 12.9. The predicted molar refractivity (Wildman–Crippen MR) is 117 cm³/mol. The van der Waals surface area contributed by atoms with E-state index in [4.69, 9.17) is 5.73 Å². The van der Waals surface area contributed by atoms with Gasteiger partial charge in [-0.3, -0.25) is 9.78 Å². The normalized spacial score (nSPS) is 11.1. The molecule has 0 fully saturated rings. The molecule has 11 heteroatoms. The van der Waals surface area contributed by atoms with Crippen molar-refractivity contribution >= 4 is 28.8 Å². The number of halogens is 3. The third-order valence-corrected chi connectivity index (χ3v) is 4.45. The molecule has 1 aromatic carbocycles. The summed E-state index contributed by atoms with van der Waals surface area (Å²) in [6.07, 6.45) is 0.926. The zero-order valence-electron chi connectivity index (χ0n) is 16.8. The molecule has 1 amide bonds. The van der Waals surface area contributed by atoms with Crippen molar-refractivity contribution in [2.24, 2.45) is 0 Å². The fourth-order valence-electron chi connectivity index (χ4n) is 2.85. The third-order valence-electron chi connectivity index (χ3n) is 4.45. The Balaban J connectivity index is 1.48. The molecule has 4 N–H and O–H groups in total. The number of carbonyl (C=O) groups is 1. The number of hydrogen-bond donors (Lipinski definition) is 3. The van der Waals surface area contributed by atoms with Crippen LogP contribution in [0.15, 0.2) is 73.3 Å². The van der Waals surface area contributed by atoms with E-state index in [0.717, 1.165) is 6.20 Å². The highest BCUT2D eigenvalue weighted by molar-refractivity contribution is 6.06. The molecule has 166 valence electrons. The van der Waals surface area contributed by atoms with Crippen molar-refractivity contribution in [1.82, 2.24) is 19.9 Å². The van der Waals surface area contributed by atoms with Gasteiger partial charge in [0.2, 0.25) is 0 Å². The molecule has 0 aliphatic heterocycles. The van der Waals surface area contributed by atoms with Gasteiger partial charge in [-0.15, -0.1) is 0 Å². The van der Waals surface area contributed by atoms with Gasteiger partial charge in [0.25, 0.3) is 5.91 Å². The molecule has 0 saturated heterocycles. The number of carbonyl (C=O) groups excluding carboxylic acids is 1. The molecular weight excluding hydrogens is 435 g/mol. The minimum atomic E-state index is -4.66. The van der Waals surface area contributed by atoms with Crippen molar-refractivity contribution in [2.75, 3.05) is 16.4 Å². The highest BCUT2D eigenvalue weighted by atomic mass is 19.4. The Morgan fingerprint density at radius 1 is 0.879 bits per heavy atom. The highest BCUT2D eigenvalue weighted by Crippen LogP contribution is 2.31. The van der Waals surface area contributed by atoms with Crippen LogP contribution in [0.1, 0.15) is 16.1 Å². The van der Waals surface area contributed by atoms with E-state index in [9.17, 15) is 18.0 Å². The first-order valence-corrected chi connectivity index (χ1v) is 9.54. The molecule has 3 aromatic heterocycles. The quantitative estimate of drug-likeness (QED) is 0.408. The minimum Gasteiger partial charge on any atom is -0.396 e. The Bertz CT molecular complexity index is 1280. The average Bonchev–Trinajstić information content (AvgIpc) is 2.81. The largest absolute Gasteiger partial charge is 0.433 e. The number of hydrogen-bond acceptors (Lipinski definition) is 7. The van der Waals surface area contributed by atoms with E-state index in [1.54, 1.807) is 30.6 Å². The standard InChI is InChI=1S/C22H16F3N7O/c23-22(24,25)19-9-17(15(26)10-29-19)32-21(33)13-4-3-5-14(8-13)31-20-12-28-18(11-30-20)16-6-1-2-7-27-16/h1-12H,26H2,(H,30,31)(H,29,32,33). The number of amides is 1. The van der Waals surface area contributed by atoms with Gasteiger partial charge in [0, 0.05) is 17.4 Å². The van der Waals surface area contributed by atoms with Gasteiger partial charge in [-0.25, -0.2) is 15.0 Å². The summed E-state index contributed by atoms with van der Waals surface area (Å²) in [6, 6.07) is 12.5. The van der Waals surface area contributed by atoms with Gasteiger partial charge in [-0.2, -0.15) is 13.2 Å². The van der Waals surface area contributed by atoms with Gasteiger partial charge in [-0.05, 0) is 36.4 Å². The van der Waals surface area contributed by atoms with Crippen LogP contribution in [0.2, 0.25) is 0 Å². The lowest BCUT2D eigenvalue weighted by Gasteiger charge is -2.12. The van der Waals surface area contributed by atoms with Gasteiger partial charge in [0.1, 0.15) is 17.2 Å². The van der Waals surface area contributed by atoms with Gasteiger partial charge in [0.05, 0.1) is 35.7 Å². The van der Waals surface area contributed by atoms with E-state index in [1.165, 1.54) is 18.3 Å². The number of pyridine rings is 2. The first-order valence-electron chi connectivity index (χ1n) is 9.54. The summed E-state index contributed by atoms with van der Waals surface area (Å²) in [5, 5.41) is 5.41. The smallest absolute Gasteiger partial charge is 0.396 e. The number of nitrogens with two attached hydrogens (primary N) is 1. The van der Waals surface area contributed by atoms with E-state index >= 15 is 0 Å². The zero-order chi connectivity index (χ0) is 23.4. The number of nitrogens with one attached hydrogen (secondary N) is 2. The number of benzene rings is 1. The minimum absolute atomic E-state index is 0.0890. The number of anilines is 4. The molecule has 0 spiro atoms. The van der Waals surface area contributed by atoms with E-state index in [-0.39, 0.29) is 16.9 Å². The second-order valence-electron chi connectivity index (χ2n) is 6.82. The molecule has 0 aliphatic rings. The Labute approximate surface area is 185 Å². The molecule has 4 rings (SSSR count). The summed E-state index contributed by atoms with van der Waals surface area (Å²) in [7, 11) is 0. The number of alkyl halides is 3. The molecule has 0 unspecified atom stereocenters. The van der Waals surface area contributed by atoms with E-state index < -0.39 is 17.8 Å². The Kier molecular flexibility index (Phi) is 5.85. The molecule has 33 heavy (non-hydrogen) atoms. The number of aromatic nitrogens is 4. The van der Waals surface area contributed by atoms with Crippen LogP contribution < -0.4 is 16.4 Å². The summed E-state index contributed by atoms with van der Waals surface area (Å²) in [6.45, 7) is 0. The maximum Gasteiger partial charge on any atom is 0.433 e. The molecule has 0 saturated carbocycles. The first kappa shape index (κ1) is 21.7. The Hall–Kier alpha value is -4.54. The molecule has 0 atom stereocenters. The lowest BCUT2D eigenvalue weighted by atomic mass is 10.1. The van der Waals surface area contributed by atoms with Crippen LogP contribution in [0, 0.1) is 0 Å². The van der Waals surface area contributed by atoms with Gasteiger partial charge >= 0.3 is 6.18 Å². The summed E-state index contributed by atoms with van der Waals surface area (Å²) < 4.78 is 38.7. The molecule has 0 aliphatic carbocycles. The molecule has 3 heterocycles. The van der Waals surface area contributed by atoms with Crippen molar-refractivity contribution in [3.8, 4) is 11.4 Å². The molecule has 0 bridgehead atoms. The van der Waals surface area contributed by atoms with Crippen molar-refractivity contribution < 1.29 is 18.0 Å². The maximum absolute atomic E-state index is 12.9. The summed E-state index contributed by atoms with van der Waals surface area (Å²) in [4.78, 5) is 28.7. The average molecular weight is 451 g/mol. The molecule has 4 aromatic rings. The van der Waals surface area contributed by atoms with Crippen LogP contribution in [-0.4, -0.2) is 25.8 Å². The van der Waals surface area contributed by atoms with Gasteiger partial charge < -0.3 is 16.4 Å². The summed E-state index contributed by atoms with van der Waals surface area (Å²) in [5.41, 5.74) is 6.24. The summed E-state index contributed by atoms with van der Waals surface area (Å²) in [5.74, 6) is -0.207. The van der Waals surface area contributed by atoms with Gasteiger partial charge in [-0.1, -0.05) is 12.1 Å². The lowest BCUT2D eigenvalue weighted by molar-refractivity contribution is -0.141. The number of nitrogens with zero attached hydrogens (tertiary/aromatic N) is 4. The van der Waals surface area contributed by atoms with Gasteiger partial charge in [0.15, 0.2) is 0 Å². The van der Waals surface area contributed by atoms with Crippen LogP contribution in [-0.2, 0) is 6.18 Å². The van der Waals surface area contributed by atoms with Crippen LogP contribution in [0.3, 0.4) is 0 Å². The zero-order valence-corrected chi connectivity index (χ0v) is 16.8. The van der Waals surface area contributed by atoms with E-state index in [0.29, 0.717) is 29.0 Å². The number of rotatable bonds is 5. The fourth-order valence-corrected chi connectivity index (χ4v) is 2.85. The lowest BCUT2D eigenvalue weighted by Crippen LogP contribution is -2.16. The van der Waals surface area contributed by atoms with Crippen molar-refractivity contribution in [1.29, 1.82) is 0 Å². The number of nitrogen functional groups attached to an aromatic ring is 1. The predicted octanol–water partition coefficient (Wildman–Crippen LogP) is 4.53. The van der Waals surface area contributed by atoms with Crippen LogP contribution in [0.5, 0.6) is 0 Å². The fraction of sp³-hybridized carbons (Fsp3) is 0.0455. The molecular formula is C22H16F3N7O. The second kappa shape index (κ2) is 8.91.